The van der Waals surface area contributed by atoms with Gasteiger partial charge >= 0.3 is 0 Å². The highest BCUT2D eigenvalue weighted by Gasteiger charge is 2.21. The summed E-state index contributed by atoms with van der Waals surface area (Å²) in [6.07, 6.45) is 7.96. The first-order chi connectivity index (χ1) is 7.40. The minimum Gasteiger partial charge on any atom is -0.264 e. The average Bonchev–Trinajstić information content (AvgIpc) is 2.32. The SMILES string of the molecule is [N-]=[N+]=NC1CCC(c2cccnc2)CC1. The molecule has 0 unspecified atom stereocenters. The summed E-state index contributed by atoms with van der Waals surface area (Å²) in [5.41, 5.74) is 9.67. The van der Waals surface area contributed by atoms with Crippen molar-refractivity contribution in [1.29, 1.82) is 0 Å². The van der Waals surface area contributed by atoms with Gasteiger partial charge in [-0.2, -0.15) is 0 Å². The zero-order valence-electron chi connectivity index (χ0n) is 8.58. The van der Waals surface area contributed by atoms with Crippen LogP contribution >= 0.6 is 0 Å². The molecule has 0 atom stereocenters. The monoisotopic (exact) mass is 202 g/mol. The minimum atomic E-state index is 0.211. The van der Waals surface area contributed by atoms with Crippen LogP contribution in [-0.4, -0.2) is 11.0 Å². The first-order valence-electron chi connectivity index (χ1n) is 5.34. The maximum Gasteiger partial charge on any atom is 0.0374 e. The number of hydrogen-bond donors (Lipinski definition) is 0. The van der Waals surface area contributed by atoms with E-state index in [1.807, 2.05) is 12.3 Å². The minimum absolute atomic E-state index is 0.211. The van der Waals surface area contributed by atoms with E-state index in [4.69, 9.17) is 5.53 Å². The van der Waals surface area contributed by atoms with Gasteiger partial charge in [-0.25, -0.2) is 0 Å². The lowest BCUT2D eigenvalue weighted by molar-refractivity contribution is 0.394. The van der Waals surface area contributed by atoms with E-state index >= 15 is 0 Å². The van der Waals surface area contributed by atoms with Crippen molar-refractivity contribution in [2.75, 3.05) is 0 Å². The van der Waals surface area contributed by atoms with Crippen molar-refractivity contribution in [3.8, 4) is 0 Å². The Morgan fingerprint density at radius 3 is 2.73 bits per heavy atom. The molecule has 4 nitrogen and oxygen atoms in total. The highest BCUT2D eigenvalue weighted by Crippen LogP contribution is 2.33. The molecule has 0 bridgehead atoms. The molecular weight excluding hydrogens is 188 g/mol. The second-order valence-corrected chi connectivity index (χ2v) is 4.00. The van der Waals surface area contributed by atoms with Gasteiger partial charge in [-0.05, 0) is 48.8 Å². The predicted octanol–water partition coefficient (Wildman–Crippen LogP) is 3.42. The van der Waals surface area contributed by atoms with Crippen LogP contribution in [0.25, 0.3) is 10.4 Å². The molecule has 1 fully saturated rings. The van der Waals surface area contributed by atoms with E-state index in [9.17, 15) is 0 Å². The summed E-state index contributed by atoms with van der Waals surface area (Å²) in [5.74, 6) is 0.601. The molecule has 1 aliphatic carbocycles. The van der Waals surface area contributed by atoms with Crippen molar-refractivity contribution in [3.05, 3.63) is 40.5 Å². The van der Waals surface area contributed by atoms with E-state index in [1.54, 1.807) is 6.20 Å². The normalized spacial score (nSPS) is 25.6. The van der Waals surface area contributed by atoms with E-state index in [-0.39, 0.29) is 6.04 Å². The molecule has 0 aliphatic heterocycles. The van der Waals surface area contributed by atoms with Crippen LogP contribution in [0.1, 0.15) is 37.2 Å². The molecule has 1 aromatic heterocycles. The lowest BCUT2D eigenvalue weighted by Gasteiger charge is -2.25. The van der Waals surface area contributed by atoms with Crippen LogP contribution in [0.4, 0.5) is 0 Å². The van der Waals surface area contributed by atoms with E-state index in [0.29, 0.717) is 5.92 Å². The van der Waals surface area contributed by atoms with Crippen LogP contribution in [0, 0.1) is 0 Å². The van der Waals surface area contributed by atoms with Gasteiger partial charge in [0.05, 0.1) is 0 Å². The van der Waals surface area contributed by atoms with Gasteiger partial charge in [0.25, 0.3) is 0 Å². The number of pyridine rings is 1. The fourth-order valence-electron chi connectivity index (χ4n) is 2.22. The van der Waals surface area contributed by atoms with Gasteiger partial charge in [0.2, 0.25) is 0 Å². The lowest BCUT2D eigenvalue weighted by Crippen LogP contribution is -2.15. The van der Waals surface area contributed by atoms with Crippen molar-refractivity contribution in [2.24, 2.45) is 5.11 Å². The third kappa shape index (κ3) is 2.48. The molecule has 4 heteroatoms. The van der Waals surface area contributed by atoms with E-state index in [2.05, 4.69) is 21.1 Å². The van der Waals surface area contributed by atoms with Gasteiger partial charge in [0, 0.05) is 23.3 Å². The van der Waals surface area contributed by atoms with Gasteiger partial charge < -0.3 is 0 Å². The summed E-state index contributed by atoms with van der Waals surface area (Å²) < 4.78 is 0. The van der Waals surface area contributed by atoms with Crippen LogP contribution in [0.2, 0.25) is 0 Å². The molecule has 0 radical (unpaired) electrons. The van der Waals surface area contributed by atoms with E-state index in [0.717, 1.165) is 25.7 Å². The Morgan fingerprint density at radius 1 is 1.33 bits per heavy atom. The quantitative estimate of drug-likeness (QED) is 0.411. The lowest BCUT2D eigenvalue weighted by atomic mass is 9.83. The number of hydrogen-bond acceptors (Lipinski definition) is 2. The van der Waals surface area contributed by atoms with Crippen molar-refractivity contribution < 1.29 is 0 Å². The number of nitrogens with zero attached hydrogens (tertiary/aromatic N) is 4. The van der Waals surface area contributed by atoms with Crippen LogP contribution in [0.15, 0.2) is 29.6 Å². The summed E-state index contributed by atoms with van der Waals surface area (Å²) in [6.45, 7) is 0. The molecule has 78 valence electrons. The molecule has 1 aliphatic rings. The average molecular weight is 202 g/mol. The maximum atomic E-state index is 8.35. The molecule has 0 spiro atoms. The molecule has 1 heterocycles. The summed E-state index contributed by atoms with van der Waals surface area (Å²) >= 11 is 0. The van der Waals surface area contributed by atoms with Gasteiger partial charge in [-0.15, -0.1) is 0 Å². The topological polar surface area (TPSA) is 61.7 Å². The number of aromatic nitrogens is 1. The molecule has 1 aromatic rings. The Morgan fingerprint density at radius 2 is 2.13 bits per heavy atom. The summed E-state index contributed by atoms with van der Waals surface area (Å²) in [7, 11) is 0. The van der Waals surface area contributed by atoms with E-state index in [1.165, 1.54) is 5.56 Å². The van der Waals surface area contributed by atoms with Gasteiger partial charge in [0.1, 0.15) is 0 Å². The second-order valence-electron chi connectivity index (χ2n) is 4.00. The standard InChI is InChI=1S/C11H14N4/c12-15-14-11-5-3-9(4-6-11)10-2-1-7-13-8-10/h1-2,7-9,11H,3-6H2. The first kappa shape index (κ1) is 9.99. The highest BCUT2D eigenvalue weighted by molar-refractivity contribution is 5.15. The van der Waals surface area contributed by atoms with Crippen LogP contribution < -0.4 is 0 Å². The smallest absolute Gasteiger partial charge is 0.0374 e. The van der Waals surface area contributed by atoms with Gasteiger partial charge in [0.15, 0.2) is 0 Å². The fourth-order valence-corrected chi connectivity index (χ4v) is 2.22. The van der Waals surface area contributed by atoms with Crippen LogP contribution in [0.5, 0.6) is 0 Å². The van der Waals surface area contributed by atoms with Crippen molar-refractivity contribution in [1.82, 2.24) is 4.98 Å². The number of rotatable bonds is 2. The third-order valence-corrected chi connectivity index (χ3v) is 3.07. The first-order valence-corrected chi connectivity index (χ1v) is 5.34. The Bertz CT molecular complexity index is 348. The van der Waals surface area contributed by atoms with Crippen LogP contribution in [-0.2, 0) is 0 Å². The van der Waals surface area contributed by atoms with Crippen molar-refractivity contribution in [2.45, 2.75) is 37.6 Å². The highest BCUT2D eigenvalue weighted by atomic mass is 15.1. The molecule has 15 heavy (non-hydrogen) atoms. The summed E-state index contributed by atoms with van der Waals surface area (Å²) in [6, 6.07) is 4.32. The van der Waals surface area contributed by atoms with Gasteiger partial charge in [-0.1, -0.05) is 11.2 Å². The molecule has 0 aromatic carbocycles. The molecule has 0 N–H and O–H groups in total. The second kappa shape index (κ2) is 4.80. The Labute approximate surface area is 89.0 Å². The molecule has 0 saturated heterocycles. The Balaban J connectivity index is 1.97. The Hall–Kier alpha value is -1.54. The molecule has 1 saturated carbocycles. The molecule has 2 rings (SSSR count). The number of azide groups is 1. The van der Waals surface area contributed by atoms with Crippen molar-refractivity contribution in [3.63, 3.8) is 0 Å². The molecular formula is C11H14N4. The van der Waals surface area contributed by atoms with Gasteiger partial charge in [-0.3, -0.25) is 4.98 Å². The largest absolute Gasteiger partial charge is 0.264 e. The zero-order chi connectivity index (χ0) is 10.5. The summed E-state index contributed by atoms with van der Waals surface area (Å²) in [4.78, 5) is 7.00. The summed E-state index contributed by atoms with van der Waals surface area (Å²) in [5, 5.41) is 3.78. The predicted molar refractivity (Wildman–Crippen MR) is 58.4 cm³/mol. The maximum absolute atomic E-state index is 8.35. The Kier molecular flexibility index (Phi) is 3.20. The zero-order valence-corrected chi connectivity index (χ0v) is 8.58. The third-order valence-electron chi connectivity index (χ3n) is 3.07. The molecule has 0 amide bonds. The fraction of sp³-hybridized carbons (Fsp3) is 0.545. The van der Waals surface area contributed by atoms with Crippen molar-refractivity contribution >= 4 is 0 Å². The van der Waals surface area contributed by atoms with Crippen LogP contribution in [0.3, 0.4) is 0 Å². The van der Waals surface area contributed by atoms with E-state index < -0.39 is 0 Å².